The Morgan fingerprint density at radius 3 is 2.69 bits per heavy atom. The van der Waals surface area contributed by atoms with Gasteiger partial charge in [0, 0.05) is 17.5 Å². The Bertz CT molecular complexity index is 1220. The van der Waals surface area contributed by atoms with Crippen molar-refractivity contribution in [3.8, 4) is 0 Å². The van der Waals surface area contributed by atoms with E-state index in [-0.39, 0.29) is 17.3 Å². The molecule has 0 saturated carbocycles. The van der Waals surface area contributed by atoms with Crippen LogP contribution >= 0.6 is 0 Å². The van der Waals surface area contributed by atoms with Crippen molar-refractivity contribution in [1.29, 1.82) is 5.41 Å². The summed E-state index contributed by atoms with van der Waals surface area (Å²) in [5.41, 5.74) is 7.63. The fourth-order valence-corrected chi connectivity index (χ4v) is 4.30. The third-order valence-electron chi connectivity index (χ3n) is 4.77. The Labute approximate surface area is 168 Å². The zero-order valence-corrected chi connectivity index (χ0v) is 16.3. The highest BCUT2D eigenvalue weighted by molar-refractivity contribution is 7.89. The van der Waals surface area contributed by atoms with Crippen LogP contribution in [0.3, 0.4) is 0 Å². The highest BCUT2D eigenvalue weighted by Crippen LogP contribution is 2.20. The molecule has 3 aromatic carbocycles. The second kappa shape index (κ2) is 7.65. The highest BCUT2D eigenvalue weighted by atomic mass is 32.2. The molecule has 1 heterocycles. The van der Waals surface area contributed by atoms with Gasteiger partial charge in [0.15, 0.2) is 0 Å². The van der Waals surface area contributed by atoms with Gasteiger partial charge in [-0.1, -0.05) is 53.7 Å². The predicted octanol–water partition coefficient (Wildman–Crippen LogP) is 2.60. The predicted molar refractivity (Wildman–Crippen MR) is 113 cm³/mol. The van der Waals surface area contributed by atoms with Crippen molar-refractivity contribution < 1.29 is 13.3 Å². The Morgan fingerprint density at radius 2 is 1.90 bits per heavy atom. The lowest BCUT2D eigenvalue weighted by atomic mass is 10.0. The van der Waals surface area contributed by atoms with Crippen molar-refractivity contribution >= 4 is 32.3 Å². The van der Waals surface area contributed by atoms with Gasteiger partial charge >= 0.3 is 0 Å². The molecule has 0 amide bonds. The van der Waals surface area contributed by atoms with Gasteiger partial charge in [-0.25, -0.2) is 13.1 Å². The third-order valence-corrected chi connectivity index (χ3v) is 6.19. The van der Waals surface area contributed by atoms with E-state index in [2.05, 4.69) is 9.88 Å². The van der Waals surface area contributed by atoms with Gasteiger partial charge in [0.05, 0.1) is 17.2 Å². The second-order valence-electron chi connectivity index (χ2n) is 6.82. The number of hydrogen-bond donors (Lipinski definition) is 3. The molecule has 0 fully saturated rings. The number of sulfonamides is 1. The monoisotopic (exact) mass is 408 g/mol. The molecule has 0 saturated heterocycles. The number of fused-ring (bicyclic) bond motifs is 1. The molecule has 4 N–H and O–H groups in total. The first-order valence-corrected chi connectivity index (χ1v) is 10.6. The SMILES string of the molecule is N=C(N)c1cccc(C2=NOC(CNS(=O)(=O)c3ccc4ccccc4c3)C2)c1. The van der Waals surface area contributed by atoms with Crippen LogP contribution in [-0.4, -0.2) is 32.6 Å². The number of nitrogens with zero attached hydrogens (tertiary/aromatic N) is 1. The molecule has 0 radical (unpaired) electrons. The van der Waals surface area contributed by atoms with Gasteiger partial charge in [-0.2, -0.15) is 0 Å². The molecule has 0 aliphatic carbocycles. The summed E-state index contributed by atoms with van der Waals surface area (Å²) in [6, 6.07) is 19.8. The van der Waals surface area contributed by atoms with E-state index in [0.29, 0.717) is 17.7 Å². The molecule has 148 valence electrons. The molecule has 1 atom stereocenters. The van der Waals surface area contributed by atoms with Gasteiger partial charge < -0.3 is 10.6 Å². The molecule has 0 aromatic heterocycles. The number of rotatable bonds is 6. The summed E-state index contributed by atoms with van der Waals surface area (Å²) < 4.78 is 27.9. The number of nitrogens with one attached hydrogen (secondary N) is 2. The molecule has 29 heavy (non-hydrogen) atoms. The fourth-order valence-electron chi connectivity index (χ4n) is 3.20. The molecule has 8 heteroatoms. The van der Waals surface area contributed by atoms with Crippen molar-refractivity contribution in [2.24, 2.45) is 10.9 Å². The van der Waals surface area contributed by atoms with E-state index in [4.69, 9.17) is 16.0 Å². The summed E-state index contributed by atoms with van der Waals surface area (Å²) in [4.78, 5) is 5.61. The minimum Gasteiger partial charge on any atom is -0.390 e. The van der Waals surface area contributed by atoms with E-state index < -0.39 is 16.1 Å². The maximum absolute atomic E-state index is 12.7. The summed E-state index contributed by atoms with van der Waals surface area (Å²) in [7, 11) is -3.66. The molecular formula is C21H20N4O3S. The number of oxime groups is 1. The van der Waals surface area contributed by atoms with Crippen LogP contribution in [0.25, 0.3) is 10.8 Å². The lowest BCUT2D eigenvalue weighted by molar-refractivity contribution is 0.0891. The van der Waals surface area contributed by atoms with Crippen LogP contribution in [0.4, 0.5) is 0 Å². The Morgan fingerprint density at radius 1 is 1.10 bits per heavy atom. The number of hydrogen-bond acceptors (Lipinski definition) is 5. The van der Waals surface area contributed by atoms with Crippen LogP contribution in [-0.2, 0) is 14.9 Å². The first-order valence-electron chi connectivity index (χ1n) is 9.08. The minimum absolute atomic E-state index is 0.0222. The van der Waals surface area contributed by atoms with E-state index in [9.17, 15) is 8.42 Å². The van der Waals surface area contributed by atoms with Gasteiger partial charge in [-0.05, 0) is 29.0 Å². The molecule has 4 rings (SSSR count). The highest BCUT2D eigenvalue weighted by Gasteiger charge is 2.25. The Hall–Kier alpha value is -3.23. The summed E-state index contributed by atoms with van der Waals surface area (Å²) in [6.45, 7) is 0.106. The molecule has 7 nitrogen and oxygen atoms in total. The first-order chi connectivity index (χ1) is 13.9. The maximum atomic E-state index is 12.7. The van der Waals surface area contributed by atoms with Crippen molar-refractivity contribution in [1.82, 2.24) is 4.72 Å². The fraction of sp³-hybridized carbons (Fsp3) is 0.143. The van der Waals surface area contributed by atoms with E-state index >= 15 is 0 Å². The largest absolute Gasteiger partial charge is 0.390 e. The van der Waals surface area contributed by atoms with Crippen LogP contribution in [0.2, 0.25) is 0 Å². The number of nitrogen functional groups attached to an aromatic ring is 1. The molecule has 1 aliphatic heterocycles. The lowest BCUT2D eigenvalue weighted by Gasteiger charge is -2.11. The topological polar surface area (TPSA) is 118 Å². The molecule has 1 aliphatic rings. The van der Waals surface area contributed by atoms with Crippen LogP contribution < -0.4 is 10.5 Å². The third kappa shape index (κ3) is 4.13. The summed E-state index contributed by atoms with van der Waals surface area (Å²) in [5, 5.41) is 13.5. The van der Waals surface area contributed by atoms with Crippen molar-refractivity contribution in [3.63, 3.8) is 0 Å². The van der Waals surface area contributed by atoms with E-state index in [1.807, 2.05) is 30.3 Å². The van der Waals surface area contributed by atoms with Gasteiger partial charge in [-0.15, -0.1) is 0 Å². The summed E-state index contributed by atoms with van der Waals surface area (Å²) >= 11 is 0. The Kier molecular flexibility index (Phi) is 5.04. The smallest absolute Gasteiger partial charge is 0.240 e. The molecule has 1 unspecified atom stereocenters. The zero-order chi connectivity index (χ0) is 20.4. The molecule has 0 spiro atoms. The maximum Gasteiger partial charge on any atom is 0.240 e. The average molecular weight is 408 g/mol. The standard InChI is InChI=1S/C21H20N4O3S/c22-21(23)17-7-3-6-16(10-17)20-12-18(28-25-20)13-24-29(26,27)19-9-8-14-4-1-2-5-15(14)11-19/h1-11,18,24H,12-13H2,(H3,22,23). The number of amidine groups is 1. The van der Waals surface area contributed by atoms with Crippen LogP contribution in [0.1, 0.15) is 17.5 Å². The molecular weight excluding hydrogens is 388 g/mol. The first kappa shape index (κ1) is 19.1. The van der Waals surface area contributed by atoms with Gasteiger partial charge in [0.25, 0.3) is 0 Å². The van der Waals surface area contributed by atoms with E-state index in [1.165, 1.54) is 0 Å². The van der Waals surface area contributed by atoms with Crippen LogP contribution in [0.15, 0.2) is 76.8 Å². The summed E-state index contributed by atoms with van der Waals surface area (Å²) in [6.07, 6.45) is 0.0583. The van der Waals surface area contributed by atoms with Gasteiger partial charge in [0.1, 0.15) is 11.9 Å². The zero-order valence-electron chi connectivity index (χ0n) is 15.5. The van der Waals surface area contributed by atoms with Crippen LogP contribution in [0, 0.1) is 5.41 Å². The Balaban J connectivity index is 1.42. The minimum atomic E-state index is -3.66. The lowest BCUT2D eigenvalue weighted by Crippen LogP contribution is -2.32. The van der Waals surface area contributed by atoms with Gasteiger partial charge in [0.2, 0.25) is 10.0 Å². The van der Waals surface area contributed by atoms with E-state index in [1.54, 1.807) is 36.4 Å². The second-order valence-corrected chi connectivity index (χ2v) is 8.59. The van der Waals surface area contributed by atoms with Crippen molar-refractivity contribution in [3.05, 3.63) is 77.9 Å². The van der Waals surface area contributed by atoms with E-state index in [0.717, 1.165) is 16.3 Å². The number of nitrogens with two attached hydrogens (primary N) is 1. The van der Waals surface area contributed by atoms with Crippen molar-refractivity contribution in [2.45, 2.75) is 17.4 Å². The quantitative estimate of drug-likeness (QED) is 0.429. The summed E-state index contributed by atoms with van der Waals surface area (Å²) in [5.74, 6) is -0.0222. The normalized spacial score (nSPS) is 16.4. The number of benzene rings is 3. The average Bonchev–Trinajstić information content (AvgIpc) is 3.21. The van der Waals surface area contributed by atoms with Crippen molar-refractivity contribution in [2.75, 3.05) is 6.54 Å². The molecule has 3 aromatic rings. The molecule has 0 bridgehead atoms. The van der Waals surface area contributed by atoms with Crippen LogP contribution in [0.5, 0.6) is 0 Å². The van der Waals surface area contributed by atoms with Gasteiger partial charge in [-0.3, -0.25) is 5.41 Å².